The van der Waals surface area contributed by atoms with E-state index in [-0.39, 0.29) is 5.91 Å². The van der Waals surface area contributed by atoms with Gasteiger partial charge in [-0.05, 0) is 25.8 Å². The summed E-state index contributed by atoms with van der Waals surface area (Å²) in [6.07, 6.45) is 8.68. The number of amides is 1. The van der Waals surface area contributed by atoms with Gasteiger partial charge in [0.15, 0.2) is 0 Å². The Morgan fingerprint density at radius 2 is 2.27 bits per heavy atom. The summed E-state index contributed by atoms with van der Waals surface area (Å²) in [5, 5.41) is 6.38. The van der Waals surface area contributed by atoms with Crippen molar-refractivity contribution in [2.24, 2.45) is 0 Å². The number of hydrogen-bond acceptors (Lipinski definition) is 2. The fourth-order valence-corrected chi connectivity index (χ4v) is 2.39. The molecule has 1 amide bonds. The number of hydrogen-bond donors (Lipinski definition) is 2. The van der Waals surface area contributed by atoms with E-state index in [0.717, 1.165) is 19.5 Å². The van der Waals surface area contributed by atoms with Crippen molar-refractivity contribution in [3.8, 4) is 0 Å². The molecule has 0 radical (unpaired) electrons. The van der Waals surface area contributed by atoms with Crippen molar-refractivity contribution < 1.29 is 4.79 Å². The quantitative estimate of drug-likeness (QED) is 0.687. The molecule has 0 aromatic carbocycles. The van der Waals surface area contributed by atoms with Gasteiger partial charge in [-0.25, -0.2) is 0 Å². The fourth-order valence-electron chi connectivity index (χ4n) is 2.39. The van der Waals surface area contributed by atoms with Gasteiger partial charge in [0, 0.05) is 19.0 Å². The number of carbonyl (C=O) groups excluding carboxylic acids is 1. The van der Waals surface area contributed by atoms with Crippen LogP contribution in [0.4, 0.5) is 0 Å². The van der Waals surface area contributed by atoms with Gasteiger partial charge in [-0.2, -0.15) is 0 Å². The molecule has 0 aromatic rings. The van der Waals surface area contributed by atoms with E-state index >= 15 is 0 Å². The third kappa shape index (κ3) is 3.34. The van der Waals surface area contributed by atoms with Gasteiger partial charge in [0.1, 0.15) is 0 Å². The highest BCUT2D eigenvalue weighted by atomic mass is 16.1. The third-order valence-corrected chi connectivity index (χ3v) is 3.27. The molecule has 84 valence electrons. The van der Waals surface area contributed by atoms with Crippen LogP contribution in [-0.4, -0.2) is 25.0 Å². The molecule has 3 nitrogen and oxygen atoms in total. The Hall–Kier alpha value is -0.830. The molecule has 0 aromatic heterocycles. The van der Waals surface area contributed by atoms with Crippen LogP contribution in [0, 0.1) is 0 Å². The van der Waals surface area contributed by atoms with Gasteiger partial charge >= 0.3 is 0 Å². The van der Waals surface area contributed by atoms with Crippen LogP contribution in [0.3, 0.4) is 0 Å². The van der Waals surface area contributed by atoms with E-state index in [9.17, 15) is 4.79 Å². The maximum absolute atomic E-state index is 11.7. The van der Waals surface area contributed by atoms with Crippen LogP contribution in [0.5, 0.6) is 0 Å². The number of rotatable bonds is 3. The maximum atomic E-state index is 11.7. The van der Waals surface area contributed by atoms with Crippen LogP contribution in [0.1, 0.15) is 38.5 Å². The van der Waals surface area contributed by atoms with E-state index in [1.54, 1.807) is 0 Å². The first-order valence-electron chi connectivity index (χ1n) is 6.02. The molecule has 2 rings (SSSR count). The topological polar surface area (TPSA) is 41.1 Å². The highest BCUT2D eigenvalue weighted by Gasteiger charge is 2.17. The van der Waals surface area contributed by atoms with Gasteiger partial charge in [-0.3, -0.25) is 4.79 Å². The largest absolute Gasteiger partial charge is 0.353 e. The lowest BCUT2D eigenvalue weighted by Crippen LogP contribution is -2.33. The first kappa shape index (κ1) is 10.7. The minimum Gasteiger partial charge on any atom is -0.353 e. The molecular weight excluding hydrogens is 188 g/mol. The lowest BCUT2D eigenvalue weighted by atomic mass is 10.1. The Morgan fingerprint density at radius 1 is 1.47 bits per heavy atom. The van der Waals surface area contributed by atoms with Crippen LogP contribution >= 0.6 is 0 Å². The second kappa shape index (κ2) is 5.31. The van der Waals surface area contributed by atoms with E-state index in [0.29, 0.717) is 12.5 Å². The van der Waals surface area contributed by atoms with Crippen molar-refractivity contribution in [3.05, 3.63) is 11.6 Å². The summed E-state index contributed by atoms with van der Waals surface area (Å²) in [5.74, 6) is 0.218. The lowest BCUT2D eigenvalue weighted by molar-refractivity contribution is -0.121. The molecule has 1 heterocycles. The summed E-state index contributed by atoms with van der Waals surface area (Å²) in [6, 6.07) is 0.458. The average molecular weight is 208 g/mol. The van der Waals surface area contributed by atoms with E-state index in [1.165, 1.54) is 31.3 Å². The summed E-state index contributed by atoms with van der Waals surface area (Å²) in [5.41, 5.74) is 1.30. The molecule has 2 aliphatic rings. The van der Waals surface area contributed by atoms with E-state index in [1.807, 2.05) is 0 Å². The number of nitrogens with one attached hydrogen (secondary N) is 2. The molecule has 1 fully saturated rings. The highest BCUT2D eigenvalue weighted by molar-refractivity contribution is 5.78. The van der Waals surface area contributed by atoms with Gasteiger partial charge in [0.05, 0.1) is 0 Å². The van der Waals surface area contributed by atoms with Crippen LogP contribution in [0.2, 0.25) is 0 Å². The number of carbonyl (C=O) groups is 1. The minimum absolute atomic E-state index is 0.218. The molecule has 0 spiro atoms. The first-order valence-corrected chi connectivity index (χ1v) is 6.02. The standard InChI is InChI=1S/C12H20N2O/c15-12(14-11-3-1-2-4-11)9-10-5-7-13-8-6-10/h5,11,13H,1-4,6-9H2,(H,14,15). The molecule has 0 atom stereocenters. The smallest absolute Gasteiger partial charge is 0.224 e. The predicted octanol–water partition coefficient (Wildman–Crippen LogP) is 1.35. The Morgan fingerprint density at radius 3 is 2.93 bits per heavy atom. The molecule has 0 bridgehead atoms. The fraction of sp³-hybridized carbons (Fsp3) is 0.750. The third-order valence-electron chi connectivity index (χ3n) is 3.27. The van der Waals surface area contributed by atoms with Crippen LogP contribution in [-0.2, 0) is 4.79 Å². The monoisotopic (exact) mass is 208 g/mol. The first-order chi connectivity index (χ1) is 7.34. The second-order valence-corrected chi connectivity index (χ2v) is 4.54. The molecular formula is C12H20N2O. The zero-order valence-electron chi connectivity index (χ0n) is 9.22. The van der Waals surface area contributed by atoms with Crippen molar-refractivity contribution in [3.63, 3.8) is 0 Å². The summed E-state index contributed by atoms with van der Waals surface area (Å²) < 4.78 is 0. The van der Waals surface area contributed by atoms with Crippen LogP contribution < -0.4 is 10.6 Å². The zero-order chi connectivity index (χ0) is 10.5. The van der Waals surface area contributed by atoms with Crippen molar-refractivity contribution in [1.82, 2.24) is 10.6 Å². The summed E-state index contributed by atoms with van der Waals surface area (Å²) >= 11 is 0. The second-order valence-electron chi connectivity index (χ2n) is 4.54. The van der Waals surface area contributed by atoms with E-state index in [2.05, 4.69) is 16.7 Å². The van der Waals surface area contributed by atoms with Gasteiger partial charge in [0.2, 0.25) is 5.91 Å². The summed E-state index contributed by atoms with van der Waals surface area (Å²) in [6.45, 7) is 1.94. The summed E-state index contributed by atoms with van der Waals surface area (Å²) in [7, 11) is 0. The Bertz CT molecular complexity index is 254. The van der Waals surface area contributed by atoms with Crippen LogP contribution in [0.25, 0.3) is 0 Å². The average Bonchev–Trinajstić information content (AvgIpc) is 2.71. The SMILES string of the molecule is O=C(CC1=CCNCC1)NC1CCCC1. The van der Waals surface area contributed by atoms with Gasteiger partial charge in [-0.15, -0.1) is 0 Å². The van der Waals surface area contributed by atoms with Gasteiger partial charge in [-0.1, -0.05) is 24.5 Å². The highest BCUT2D eigenvalue weighted by Crippen LogP contribution is 2.18. The van der Waals surface area contributed by atoms with E-state index < -0.39 is 0 Å². The molecule has 1 aliphatic heterocycles. The Kier molecular flexibility index (Phi) is 3.78. The Balaban J connectivity index is 1.73. The molecule has 2 N–H and O–H groups in total. The van der Waals surface area contributed by atoms with Crippen molar-refractivity contribution >= 4 is 5.91 Å². The Labute approximate surface area is 91.3 Å². The predicted molar refractivity (Wildman–Crippen MR) is 60.6 cm³/mol. The molecule has 0 unspecified atom stereocenters. The normalized spacial score (nSPS) is 22.5. The van der Waals surface area contributed by atoms with E-state index in [4.69, 9.17) is 0 Å². The van der Waals surface area contributed by atoms with Crippen LogP contribution in [0.15, 0.2) is 11.6 Å². The van der Waals surface area contributed by atoms with Gasteiger partial charge < -0.3 is 10.6 Å². The molecule has 3 heteroatoms. The molecule has 0 saturated heterocycles. The maximum Gasteiger partial charge on any atom is 0.224 e. The lowest BCUT2D eigenvalue weighted by Gasteiger charge is -2.16. The van der Waals surface area contributed by atoms with Crippen molar-refractivity contribution in [2.75, 3.05) is 13.1 Å². The molecule has 1 saturated carbocycles. The molecule has 1 aliphatic carbocycles. The minimum atomic E-state index is 0.218. The zero-order valence-corrected chi connectivity index (χ0v) is 9.22. The van der Waals surface area contributed by atoms with Crippen molar-refractivity contribution in [1.29, 1.82) is 0 Å². The van der Waals surface area contributed by atoms with Crippen molar-refractivity contribution in [2.45, 2.75) is 44.6 Å². The van der Waals surface area contributed by atoms with Gasteiger partial charge in [0.25, 0.3) is 0 Å². The summed E-state index contributed by atoms with van der Waals surface area (Å²) in [4.78, 5) is 11.7. The molecule has 15 heavy (non-hydrogen) atoms.